The topological polar surface area (TPSA) is 75.8 Å². The third kappa shape index (κ3) is 2.68. The molecule has 1 heterocycles. The maximum absolute atomic E-state index is 11.2. The van der Waals surface area contributed by atoms with Crippen LogP contribution in [0.15, 0.2) is 0 Å². The zero-order valence-electron chi connectivity index (χ0n) is 11.5. The van der Waals surface area contributed by atoms with E-state index in [4.69, 9.17) is 10.5 Å². The zero-order valence-corrected chi connectivity index (χ0v) is 11.5. The van der Waals surface area contributed by atoms with Gasteiger partial charge in [0.05, 0.1) is 11.7 Å². The summed E-state index contributed by atoms with van der Waals surface area (Å²) >= 11 is 0. The summed E-state index contributed by atoms with van der Waals surface area (Å²) in [6.07, 6.45) is 2.17. The van der Waals surface area contributed by atoms with Gasteiger partial charge < -0.3 is 15.6 Å². The van der Waals surface area contributed by atoms with Crippen LogP contribution in [-0.2, 0) is 9.53 Å². The van der Waals surface area contributed by atoms with Crippen molar-refractivity contribution in [2.24, 2.45) is 5.73 Å². The van der Waals surface area contributed by atoms with Crippen LogP contribution in [0.2, 0.25) is 0 Å². The number of ether oxygens (including phenoxy) is 1. The fourth-order valence-corrected chi connectivity index (χ4v) is 3.34. The van der Waals surface area contributed by atoms with Gasteiger partial charge in [-0.05, 0) is 40.0 Å². The molecule has 2 fully saturated rings. The van der Waals surface area contributed by atoms with E-state index in [1.165, 1.54) is 0 Å². The van der Waals surface area contributed by atoms with Crippen molar-refractivity contribution in [3.8, 4) is 0 Å². The normalized spacial score (nSPS) is 40.9. The van der Waals surface area contributed by atoms with E-state index in [2.05, 4.69) is 25.7 Å². The minimum absolute atomic E-state index is 0.166. The van der Waals surface area contributed by atoms with Crippen molar-refractivity contribution >= 4 is 5.97 Å². The summed E-state index contributed by atoms with van der Waals surface area (Å²) in [5, 5.41) is 9.18. The highest BCUT2D eigenvalue weighted by Gasteiger charge is 2.46. The Labute approximate surface area is 108 Å². The second kappa shape index (κ2) is 4.47. The Bertz CT molecular complexity index is 345. The Balaban J connectivity index is 2.03. The number of carboxylic acids is 1. The fourth-order valence-electron chi connectivity index (χ4n) is 3.34. The SMILES string of the molecule is CC1CN(C2CCC(N)(C(=O)O)C2)CC(C)(C)O1. The van der Waals surface area contributed by atoms with E-state index < -0.39 is 11.5 Å². The smallest absolute Gasteiger partial charge is 0.323 e. The summed E-state index contributed by atoms with van der Waals surface area (Å²) in [6.45, 7) is 7.94. The first-order valence-electron chi connectivity index (χ1n) is 6.66. The van der Waals surface area contributed by atoms with E-state index >= 15 is 0 Å². The average molecular weight is 256 g/mol. The molecule has 5 heteroatoms. The van der Waals surface area contributed by atoms with E-state index in [1.807, 2.05) is 0 Å². The predicted octanol–water partition coefficient (Wildman–Crippen LogP) is 0.820. The third-order valence-corrected chi connectivity index (χ3v) is 4.06. The summed E-state index contributed by atoms with van der Waals surface area (Å²) in [4.78, 5) is 13.5. The lowest BCUT2D eigenvalue weighted by Crippen LogP contribution is -2.55. The first kappa shape index (κ1) is 13.8. The molecule has 1 saturated heterocycles. The van der Waals surface area contributed by atoms with Crippen LogP contribution in [0.5, 0.6) is 0 Å². The van der Waals surface area contributed by atoms with Crippen LogP contribution < -0.4 is 5.73 Å². The van der Waals surface area contributed by atoms with Crippen molar-refractivity contribution in [1.82, 2.24) is 4.90 Å². The molecule has 1 aliphatic carbocycles. The van der Waals surface area contributed by atoms with Gasteiger partial charge in [-0.25, -0.2) is 0 Å². The van der Waals surface area contributed by atoms with E-state index in [0.29, 0.717) is 12.8 Å². The van der Waals surface area contributed by atoms with Crippen LogP contribution in [0.4, 0.5) is 0 Å². The molecule has 1 aliphatic heterocycles. The lowest BCUT2D eigenvalue weighted by molar-refractivity contribution is -0.144. The molecule has 0 radical (unpaired) electrons. The molecule has 5 nitrogen and oxygen atoms in total. The van der Waals surface area contributed by atoms with Crippen molar-refractivity contribution < 1.29 is 14.6 Å². The minimum Gasteiger partial charge on any atom is -0.480 e. The van der Waals surface area contributed by atoms with Crippen LogP contribution in [0, 0.1) is 0 Å². The van der Waals surface area contributed by atoms with Gasteiger partial charge in [0.15, 0.2) is 0 Å². The van der Waals surface area contributed by atoms with E-state index in [1.54, 1.807) is 0 Å². The number of nitrogens with zero attached hydrogens (tertiary/aromatic N) is 1. The summed E-state index contributed by atoms with van der Waals surface area (Å²) in [5.74, 6) is -0.870. The Hall–Kier alpha value is -0.650. The summed E-state index contributed by atoms with van der Waals surface area (Å²) < 4.78 is 5.87. The van der Waals surface area contributed by atoms with Crippen molar-refractivity contribution in [1.29, 1.82) is 0 Å². The van der Waals surface area contributed by atoms with Gasteiger partial charge in [-0.1, -0.05) is 0 Å². The Morgan fingerprint density at radius 2 is 2.17 bits per heavy atom. The first-order chi connectivity index (χ1) is 8.22. The van der Waals surface area contributed by atoms with Gasteiger partial charge in [0.1, 0.15) is 5.54 Å². The molecule has 3 atom stereocenters. The second-order valence-electron chi connectivity index (χ2n) is 6.48. The largest absolute Gasteiger partial charge is 0.480 e. The van der Waals surface area contributed by atoms with Crippen LogP contribution in [-0.4, -0.2) is 52.4 Å². The number of aliphatic carboxylic acids is 1. The van der Waals surface area contributed by atoms with Crippen molar-refractivity contribution in [3.05, 3.63) is 0 Å². The molecule has 0 spiro atoms. The molecular weight excluding hydrogens is 232 g/mol. The average Bonchev–Trinajstić information content (AvgIpc) is 2.59. The number of morpholine rings is 1. The quantitative estimate of drug-likeness (QED) is 0.765. The van der Waals surface area contributed by atoms with Crippen molar-refractivity contribution in [3.63, 3.8) is 0 Å². The second-order valence-corrected chi connectivity index (χ2v) is 6.48. The molecule has 104 valence electrons. The summed E-state index contributed by atoms with van der Waals surface area (Å²) in [7, 11) is 0. The predicted molar refractivity (Wildman–Crippen MR) is 68.4 cm³/mol. The molecule has 3 N–H and O–H groups in total. The first-order valence-corrected chi connectivity index (χ1v) is 6.66. The summed E-state index contributed by atoms with van der Waals surface area (Å²) in [6, 6.07) is 0.275. The standard InChI is InChI=1S/C13H24N2O3/c1-9-7-15(8-12(2,3)18-9)10-4-5-13(14,6-10)11(16)17/h9-10H,4-8,14H2,1-3H3,(H,16,17). The van der Waals surface area contributed by atoms with E-state index in [0.717, 1.165) is 19.5 Å². The maximum atomic E-state index is 11.2. The third-order valence-electron chi connectivity index (χ3n) is 4.06. The summed E-state index contributed by atoms with van der Waals surface area (Å²) in [5.41, 5.74) is 4.75. The van der Waals surface area contributed by atoms with Crippen LogP contribution in [0.25, 0.3) is 0 Å². The number of carbonyl (C=O) groups is 1. The molecule has 3 unspecified atom stereocenters. The molecule has 0 aromatic carbocycles. The highest BCUT2D eigenvalue weighted by molar-refractivity contribution is 5.79. The fraction of sp³-hybridized carbons (Fsp3) is 0.923. The molecule has 0 amide bonds. The van der Waals surface area contributed by atoms with Gasteiger partial charge >= 0.3 is 5.97 Å². The molecule has 0 aromatic heterocycles. The van der Waals surface area contributed by atoms with Gasteiger partial charge in [0.2, 0.25) is 0 Å². The van der Waals surface area contributed by atoms with E-state index in [9.17, 15) is 9.90 Å². The van der Waals surface area contributed by atoms with Crippen molar-refractivity contribution in [2.45, 2.75) is 63.3 Å². The number of rotatable bonds is 2. The maximum Gasteiger partial charge on any atom is 0.323 e. The van der Waals surface area contributed by atoms with Crippen LogP contribution in [0.1, 0.15) is 40.0 Å². The monoisotopic (exact) mass is 256 g/mol. The molecule has 2 aliphatic rings. The Morgan fingerprint density at radius 1 is 1.50 bits per heavy atom. The van der Waals surface area contributed by atoms with Crippen LogP contribution in [0.3, 0.4) is 0 Å². The Morgan fingerprint density at radius 3 is 2.67 bits per heavy atom. The molecule has 1 saturated carbocycles. The molecular formula is C13H24N2O3. The highest BCUT2D eigenvalue weighted by atomic mass is 16.5. The van der Waals surface area contributed by atoms with Gasteiger partial charge in [-0.15, -0.1) is 0 Å². The molecule has 18 heavy (non-hydrogen) atoms. The number of carboxylic acid groups (broad SMARTS) is 1. The zero-order chi connectivity index (χ0) is 13.6. The highest BCUT2D eigenvalue weighted by Crippen LogP contribution is 2.34. The van der Waals surface area contributed by atoms with Crippen molar-refractivity contribution in [2.75, 3.05) is 13.1 Å². The number of hydrogen-bond acceptors (Lipinski definition) is 4. The van der Waals surface area contributed by atoms with Gasteiger partial charge in [-0.2, -0.15) is 0 Å². The van der Waals surface area contributed by atoms with Gasteiger partial charge in [0, 0.05) is 19.1 Å². The number of nitrogens with two attached hydrogens (primary N) is 1. The lowest BCUT2D eigenvalue weighted by Gasteiger charge is -2.44. The molecule has 0 aromatic rings. The molecule has 2 rings (SSSR count). The molecule has 0 bridgehead atoms. The van der Waals surface area contributed by atoms with Gasteiger partial charge in [0.25, 0.3) is 0 Å². The number of hydrogen-bond donors (Lipinski definition) is 2. The minimum atomic E-state index is -1.03. The Kier molecular flexibility index (Phi) is 3.42. The van der Waals surface area contributed by atoms with E-state index in [-0.39, 0.29) is 17.7 Å². The van der Waals surface area contributed by atoms with Crippen LogP contribution >= 0.6 is 0 Å². The lowest BCUT2D eigenvalue weighted by atomic mass is 9.98. The van der Waals surface area contributed by atoms with Gasteiger partial charge in [-0.3, -0.25) is 9.69 Å².